The molecule has 0 spiro atoms. The van der Waals surface area contributed by atoms with Gasteiger partial charge in [-0.25, -0.2) is 0 Å². The average Bonchev–Trinajstić information content (AvgIpc) is 2.31. The molecule has 2 rings (SSSR count). The molecule has 0 aromatic heterocycles. The Morgan fingerprint density at radius 3 is 2.33 bits per heavy atom. The van der Waals surface area contributed by atoms with Gasteiger partial charge in [0.1, 0.15) is 5.75 Å². The van der Waals surface area contributed by atoms with Gasteiger partial charge in [0, 0.05) is 11.6 Å². The first-order valence-corrected chi connectivity index (χ1v) is 7.22. The third kappa shape index (κ3) is 3.26. The maximum absolute atomic E-state index is 10.0. The van der Waals surface area contributed by atoms with Gasteiger partial charge in [-0.2, -0.15) is 0 Å². The van der Waals surface area contributed by atoms with Crippen molar-refractivity contribution in [3.63, 3.8) is 0 Å². The highest BCUT2D eigenvalue weighted by atomic mass is 16.3. The Hall–Kier alpha value is -1.02. The summed E-state index contributed by atoms with van der Waals surface area (Å²) in [6, 6.07) is 6.24. The van der Waals surface area contributed by atoms with Crippen LogP contribution in [0.3, 0.4) is 0 Å². The lowest BCUT2D eigenvalue weighted by atomic mass is 10.0. The molecule has 0 saturated carbocycles. The Kier molecular flexibility index (Phi) is 4.65. The predicted molar refractivity (Wildman–Crippen MR) is 75.9 cm³/mol. The summed E-state index contributed by atoms with van der Waals surface area (Å²) in [6.45, 7) is 6.63. The molecule has 2 nitrogen and oxygen atoms in total. The molecule has 1 saturated heterocycles. The molecular weight excluding hydrogens is 222 g/mol. The van der Waals surface area contributed by atoms with Crippen molar-refractivity contribution >= 4 is 0 Å². The zero-order valence-corrected chi connectivity index (χ0v) is 11.7. The first kappa shape index (κ1) is 13.4. The molecule has 1 heterocycles. The third-order valence-electron chi connectivity index (χ3n) is 4.07. The third-order valence-corrected chi connectivity index (χ3v) is 4.07. The maximum atomic E-state index is 10.0. The topological polar surface area (TPSA) is 23.5 Å². The van der Waals surface area contributed by atoms with Crippen LogP contribution in [0.1, 0.15) is 56.2 Å². The monoisotopic (exact) mass is 247 g/mol. The molecule has 1 fully saturated rings. The summed E-state index contributed by atoms with van der Waals surface area (Å²) in [5.41, 5.74) is 2.30. The van der Waals surface area contributed by atoms with Crippen molar-refractivity contribution in [1.82, 2.24) is 4.90 Å². The van der Waals surface area contributed by atoms with Crippen LogP contribution in [0.5, 0.6) is 5.75 Å². The Balaban J connectivity index is 2.12. The van der Waals surface area contributed by atoms with Crippen LogP contribution in [0, 0.1) is 6.92 Å². The molecule has 1 aromatic rings. The number of aromatic hydroxyl groups is 1. The molecular formula is C16H25NO. The van der Waals surface area contributed by atoms with Gasteiger partial charge in [-0.15, -0.1) is 0 Å². The Morgan fingerprint density at radius 1 is 1.06 bits per heavy atom. The van der Waals surface area contributed by atoms with Gasteiger partial charge in [0.25, 0.3) is 0 Å². The van der Waals surface area contributed by atoms with Crippen molar-refractivity contribution in [2.75, 3.05) is 13.1 Å². The van der Waals surface area contributed by atoms with E-state index in [9.17, 15) is 5.11 Å². The van der Waals surface area contributed by atoms with Crippen LogP contribution in [-0.4, -0.2) is 23.1 Å². The number of benzene rings is 1. The number of rotatable bonds is 2. The summed E-state index contributed by atoms with van der Waals surface area (Å²) in [6.07, 6.45) is 6.66. The number of nitrogens with zero attached hydrogens (tertiary/aromatic N) is 1. The van der Waals surface area contributed by atoms with E-state index in [2.05, 4.69) is 24.8 Å². The van der Waals surface area contributed by atoms with Crippen LogP contribution in [0.15, 0.2) is 18.2 Å². The Bertz CT molecular complexity index is 381. The second-order valence-electron chi connectivity index (χ2n) is 5.54. The average molecular weight is 247 g/mol. The molecule has 18 heavy (non-hydrogen) atoms. The minimum Gasteiger partial charge on any atom is -0.508 e. The molecule has 100 valence electrons. The van der Waals surface area contributed by atoms with Crippen molar-refractivity contribution < 1.29 is 5.11 Å². The van der Waals surface area contributed by atoms with E-state index in [-0.39, 0.29) is 0 Å². The molecule has 1 unspecified atom stereocenters. The van der Waals surface area contributed by atoms with Gasteiger partial charge in [-0.3, -0.25) is 4.90 Å². The fourth-order valence-electron chi connectivity index (χ4n) is 2.86. The summed E-state index contributed by atoms with van der Waals surface area (Å²) in [5, 5.41) is 10.0. The number of hydrogen-bond donors (Lipinski definition) is 1. The normalized spacial score (nSPS) is 20.1. The minimum atomic E-state index is 0.322. The maximum Gasteiger partial charge on any atom is 0.120 e. The molecule has 1 atom stereocenters. The summed E-state index contributed by atoms with van der Waals surface area (Å²) in [7, 11) is 0. The lowest BCUT2D eigenvalue weighted by Gasteiger charge is -2.31. The summed E-state index contributed by atoms with van der Waals surface area (Å²) >= 11 is 0. The second-order valence-corrected chi connectivity index (χ2v) is 5.54. The minimum absolute atomic E-state index is 0.322. The van der Waals surface area contributed by atoms with Crippen molar-refractivity contribution in [2.45, 2.75) is 52.0 Å². The Morgan fingerprint density at radius 2 is 1.67 bits per heavy atom. The number of aryl methyl sites for hydroxylation is 1. The highest BCUT2D eigenvalue weighted by Gasteiger charge is 2.19. The number of likely N-dealkylation sites (tertiary alicyclic amines) is 1. The lowest BCUT2D eigenvalue weighted by Crippen LogP contribution is -2.30. The van der Waals surface area contributed by atoms with E-state index in [0.29, 0.717) is 11.8 Å². The molecule has 0 radical (unpaired) electrons. The predicted octanol–water partition coefficient (Wildman–Crippen LogP) is 4.03. The first-order chi connectivity index (χ1) is 8.68. The standard InChI is InChI=1S/C16H25NO/c1-13-8-9-16(18)15(12-13)14(2)17-10-6-4-3-5-7-11-17/h8-9,12,14,18H,3-7,10-11H2,1-2H3. The van der Waals surface area contributed by atoms with Crippen molar-refractivity contribution in [3.8, 4) is 5.75 Å². The molecule has 0 bridgehead atoms. The van der Waals surface area contributed by atoms with E-state index < -0.39 is 0 Å². The zero-order chi connectivity index (χ0) is 13.0. The van der Waals surface area contributed by atoms with Gasteiger partial charge in [0.15, 0.2) is 0 Å². The van der Waals surface area contributed by atoms with E-state index in [1.165, 1.54) is 37.7 Å². The number of phenols is 1. The van der Waals surface area contributed by atoms with Gasteiger partial charge in [-0.05, 0) is 45.8 Å². The molecule has 1 N–H and O–H groups in total. The summed E-state index contributed by atoms with van der Waals surface area (Å²) in [4.78, 5) is 2.52. The Labute approximate surface area is 111 Å². The van der Waals surface area contributed by atoms with Crippen molar-refractivity contribution in [3.05, 3.63) is 29.3 Å². The van der Waals surface area contributed by atoms with Gasteiger partial charge < -0.3 is 5.11 Å². The van der Waals surface area contributed by atoms with E-state index in [4.69, 9.17) is 0 Å². The van der Waals surface area contributed by atoms with E-state index >= 15 is 0 Å². The van der Waals surface area contributed by atoms with Gasteiger partial charge in [-0.1, -0.05) is 37.0 Å². The van der Waals surface area contributed by atoms with Crippen LogP contribution in [0.4, 0.5) is 0 Å². The van der Waals surface area contributed by atoms with Crippen molar-refractivity contribution in [1.29, 1.82) is 0 Å². The fraction of sp³-hybridized carbons (Fsp3) is 0.625. The van der Waals surface area contributed by atoms with Gasteiger partial charge in [0.05, 0.1) is 0 Å². The van der Waals surface area contributed by atoms with Crippen LogP contribution >= 0.6 is 0 Å². The highest BCUT2D eigenvalue weighted by molar-refractivity contribution is 5.37. The zero-order valence-electron chi connectivity index (χ0n) is 11.7. The van der Waals surface area contributed by atoms with Crippen LogP contribution in [0.25, 0.3) is 0 Å². The molecule has 1 aliphatic rings. The number of hydrogen-bond acceptors (Lipinski definition) is 2. The fourth-order valence-corrected chi connectivity index (χ4v) is 2.86. The molecule has 2 heteroatoms. The van der Waals surface area contributed by atoms with E-state index in [0.717, 1.165) is 18.7 Å². The molecule has 0 amide bonds. The van der Waals surface area contributed by atoms with Gasteiger partial charge in [0.2, 0.25) is 0 Å². The van der Waals surface area contributed by atoms with Crippen LogP contribution in [0.2, 0.25) is 0 Å². The quantitative estimate of drug-likeness (QED) is 0.853. The number of phenolic OH excluding ortho intramolecular Hbond substituents is 1. The lowest BCUT2D eigenvalue weighted by molar-refractivity contribution is 0.189. The second kappa shape index (κ2) is 6.24. The highest BCUT2D eigenvalue weighted by Crippen LogP contribution is 2.30. The molecule has 1 aliphatic heterocycles. The van der Waals surface area contributed by atoms with E-state index in [1.807, 2.05) is 12.1 Å². The molecule has 1 aromatic carbocycles. The van der Waals surface area contributed by atoms with Gasteiger partial charge >= 0.3 is 0 Å². The molecule has 0 aliphatic carbocycles. The SMILES string of the molecule is Cc1ccc(O)c(C(C)N2CCCCCCC2)c1. The summed E-state index contributed by atoms with van der Waals surface area (Å²) in [5.74, 6) is 0.440. The summed E-state index contributed by atoms with van der Waals surface area (Å²) < 4.78 is 0. The van der Waals surface area contributed by atoms with Crippen molar-refractivity contribution in [2.24, 2.45) is 0 Å². The van der Waals surface area contributed by atoms with Crippen LogP contribution < -0.4 is 0 Å². The first-order valence-electron chi connectivity index (χ1n) is 7.22. The van der Waals surface area contributed by atoms with E-state index in [1.54, 1.807) is 0 Å². The van der Waals surface area contributed by atoms with Crippen LogP contribution in [-0.2, 0) is 0 Å². The largest absolute Gasteiger partial charge is 0.508 e. The smallest absolute Gasteiger partial charge is 0.120 e.